The minimum Gasteiger partial charge on any atom is -0.478 e. The van der Waals surface area contributed by atoms with Crippen molar-refractivity contribution in [3.63, 3.8) is 0 Å². The number of benzene rings is 1. The number of anilines is 1. The number of hydrogen-bond donors (Lipinski definition) is 1. The third kappa shape index (κ3) is 3.18. The SMILES string of the molecule is CC1CCC(C(=O)N(C)c2ccc(C(=O)O)cc2)CC1. The second-order valence-corrected chi connectivity index (χ2v) is 5.71. The van der Waals surface area contributed by atoms with Crippen LogP contribution in [0.4, 0.5) is 5.69 Å². The van der Waals surface area contributed by atoms with Gasteiger partial charge in [-0.05, 0) is 55.9 Å². The number of aromatic carboxylic acids is 1. The predicted octanol–water partition coefficient (Wildman–Crippen LogP) is 3.17. The highest BCUT2D eigenvalue weighted by Gasteiger charge is 2.27. The fraction of sp³-hybridized carbons (Fsp3) is 0.500. The Bertz CT molecular complexity index is 487. The fourth-order valence-electron chi connectivity index (χ4n) is 2.74. The molecule has 1 fully saturated rings. The lowest BCUT2D eigenvalue weighted by Gasteiger charge is -2.29. The van der Waals surface area contributed by atoms with Crippen LogP contribution in [0, 0.1) is 11.8 Å². The Kier molecular flexibility index (Phi) is 4.42. The van der Waals surface area contributed by atoms with Gasteiger partial charge in [0.2, 0.25) is 5.91 Å². The molecule has 1 aromatic rings. The van der Waals surface area contributed by atoms with E-state index in [1.165, 1.54) is 12.1 Å². The Labute approximate surface area is 119 Å². The van der Waals surface area contributed by atoms with E-state index < -0.39 is 5.97 Å². The minimum atomic E-state index is -0.952. The highest BCUT2D eigenvalue weighted by molar-refractivity contribution is 5.95. The molecule has 1 N–H and O–H groups in total. The molecule has 0 atom stereocenters. The molecule has 0 heterocycles. The third-order valence-electron chi connectivity index (χ3n) is 4.20. The Hall–Kier alpha value is -1.84. The summed E-state index contributed by atoms with van der Waals surface area (Å²) in [4.78, 5) is 24.9. The van der Waals surface area contributed by atoms with Crippen LogP contribution in [0.2, 0.25) is 0 Å². The summed E-state index contributed by atoms with van der Waals surface area (Å²) >= 11 is 0. The van der Waals surface area contributed by atoms with Gasteiger partial charge in [0.1, 0.15) is 0 Å². The van der Waals surface area contributed by atoms with E-state index in [0.29, 0.717) is 0 Å². The average molecular weight is 275 g/mol. The molecule has 1 aliphatic rings. The summed E-state index contributed by atoms with van der Waals surface area (Å²) in [5.41, 5.74) is 0.986. The van der Waals surface area contributed by atoms with Crippen molar-refractivity contribution in [2.24, 2.45) is 11.8 Å². The Balaban J connectivity index is 2.04. The Morgan fingerprint density at radius 1 is 1.10 bits per heavy atom. The largest absolute Gasteiger partial charge is 0.478 e. The average Bonchev–Trinajstić information content (AvgIpc) is 2.46. The maximum absolute atomic E-state index is 12.4. The molecule has 2 rings (SSSR count). The van der Waals surface area contributed by atoms with E-state index in [2.05, 4.69) is 6.92 Å². The number of carboxylic acids is 1. The van der Waals surface area contributed by atoms with E-state index in [9.17, 15) is 9.59 Å². The molecule has 0 aromatic heterocycles. The van der Waals surface area contributed by atoms with Gasteiger partial charge in [-0.1, -0.05) is 6.92 Å². The predicted molar refractivity (Wildman–Crippen MR) is 77.9 cm³/mol. The zero-order chi connectivity index (χ0) is 14.7. The molecular weight excluding hydrogens is 254 g/mol. The molecule has 20 heavy (non-hydrogen) atoms. The molecule has 1 saturated carbocycles. The smallest absolute Gasteiger partial charge is 0.335 e. The summed E-state index contributed by atoms with van der Waals surface area (Å²) in [6.07, 6.45) is 4.14. The van der Waals surface area contributed by atoms with Crippen molar-refractivity contribution in [2.45, 2.75) is 32.6 Å². The van der Waals surface area contributed by atoms with Crippen LogP contribution < -0.4 is 4.90 Å². The highest BCUT2D eigenvalue weighted by Crippen LogP contribution is 2.30. The molecule has 0 radical (unpaired) electrons. The maximum Gasteiger partial charge on any atom is 0.335 e. The van der Waals surface area contributed by atoms with Gasteiger partial charge in [-0.15, -0.1) is 0 Å². The standard InChI is InChI=1S/C16H21NO3/c1-11-3-5-12(6-4-11)15(18)17(2)14-9-7-13(8-10-14)16(19)20/h7-12H,3-6H2,1-2H3,(H,19,20). The normalized spacial score (nSPS) is 22.3. The van der Waals surface area contributed by atoms with E-state index in [1.807, 2.05) is 0 Å². The van der Waals surface area contributed by atoms with Crippen LogP contribution in [0.1, 0.15) is 43.0 Å². The van der Waals surface area contributed by atoms with Gasteiger partial charge in [0.25, 0.3) is 0 Å². The van der Waals surface area contributed by atoms with E-state index in [1.54, 1.807) is 24.1 Å². The monoisotopic (exact) mass is 275 g/mol. The van der Waals surface area contributed by atoms with Crippen LogP contribution in [0.25, 0.3) is 0 Å². The van der Waals surface area contributed by atoms with E-state index in [-0.39, 0.29) is 17.4 Å². The van der Waals surface area contributed by atoms with Crippen LogP contribution >= 0.6 is 0 Å². The van der Waals surface area contributed by atoms with Gasteiger partial charge in [0.15, 0.2) is 0 Å². The second kappa shape index (κ2) is 6.07. The van der Waals surface area contributed by atoms with Crippen LogP contribution in [0.15, 0.2) is 24.3 Å². The van der Waals surface area contributed by atoms with Crippen molar-refractivity contribution >= 4 is 17.6 Å². The minimum absolute atomic E-state index is 0.107. The highest BCUT2D eigenvalue weighted by atomic mass is 16.4. The molecule has 108 valence electrons. The number of amides is 1. The molecule has 0 aliphatic heterocycles. The van der Waals surface area contributed by atoms with Gasteiger partial charge in [0, 0.05) is 18.7 Å². The number of rotatable bonds is 3. The van der Waals surface area contributed by atoms with Gasteiger partial charge in [-0.3, -0.25) is 4.79 Å². The zero-order valence-electron chi connectivity index (χ0n) is 12.0. The summed E-state index contributed by atoms with van der Waals surface area (Å²) in [7, 11) is 1.76. The number of carboxylic acid groups (broad SMARTS) is 1. The van der Waals surface area contributed by atoms with Gasteiger partial charge in [-0.25, -0.2) is 4.79 Å². The van der Waals surface area contributed by atoms with Crippen molar-refractivity contribution in [3.8, 4) is 0 Å². The van der Waals surface area contributed by atoms with Crippen LogP contribution in [-0.2, 0) is 4.79 Å². The third-order valence-corrected chi connectivity index (χ3v) is 4.20. The van der Waals surface area contributed by atoms with Gasteiger partial charge in [-0.2, -0.15) is 0 Å². The molecule has 1 amide bonds. The van der Waals surface area contributed by atoms with Crippen molar-refractivity contribution < 1.29 is 14.7 Å². The summed E-state index contributed by atoms with van der Waals surface area (Å²) in [5.74, 6) is 0.0151. The fourth-order valence-corrected chi connectivity index (χ4v) is 2.74. The summed E-state index contributed by atoms with van der Waals surface area (Å²) in [5, 5.41) is 8.87. The Morgan fingerprint density at radius 3 is 2.15 bits per heavy atom. The van der Waals surface area contributed by atoms with Crippen molar-refractivity contribution in [1.82, 2.24) is 0 Å². The molecule has 4 heteroatoms. The zero-order valence-corrected chi connectivity index (χ0v) is 12.0. The summed E-state index contributed by atoms with van der Waals surface area (Å²) in [6, 6.07) is 6.44. The van der Waals surface area contributed by atoms with Gasteiger partial charge < -0.3 is 10.0 Å². The van der Waals surface area contributed by atoms with E-state index >= 15 is 0 Å². The lowest BCUT2D eigenvalue weighted by Crippen LogP contribution is -2.34. The Morgan fingerprint density at radius 2 is 1.65 bits per heavy atom. The molecule has 0 unspecified atom stereocenters. The summed E-state index contributed by atoms with van der Waals surface area (Å²) < 4.78 is 0. The molecule has 1 aromatic carbocycles. The summed E-state index contributed by atoms with van der Waals surface area (Å²) in [6.45, 7) is 2.23. The number of carbonyl (C=O) groups is 2. The van der Waals surface area contributed by atoms with Crippen LogP contribution in [0.3, 0.4) is 0 Å². The first-order chi connectivity index (χ1) is 9.49. The molecule has 0 spiro atoms. The molecular formula is C16H21NO3. The quantitative estimate of drug-likeness (QED) is 0.921. The number of hydrogen-bond acceptors (Lipinski definition) is 2. The van der Waals surface area contributed by atoms with Crippen molar-refractivity contribution in [1.29, 1.82) is 0 Å². The number of nitrogens with zero attached hydrogens (tertiary/aromatic N) is 1. The first-order valence-electron chi connectivity index (χ1n) is 7.10. The molecule has 4 nitrogen and oxygen atoms in total. The topological polar surface area (TPSA) is 57.6 Å². The molecule has 0 bridgehead atoms. The first-order valence-corrected chi connectivity index (χ1v) is 7.10. The van der Waals surface area contributed by atoms with Crippen molar-refractivity contribution in [2.75, 3.05) is 11.9 Å². The lowest BCUT2D eigenvalue weighted by molar-refractivity contribution is -0.123. The maximum atomic E-state index is 12.4. The van der Waals surface area contributed by atoms with E-state index in [0.717, 1.165) is 37.3 Å². The lowest BCUT2D eigenvalue weighted by atomic mass is 9.82. The van der Waals surface area contributed by atoms with Crippen molar-refractivity contribution in [3.05, 3.63) is 29.8 Å². The molecule has 1 aliphatic carbocycles. The number of carbonyl (C=O) groups excluding carboxylic acids is 1. The van der Waals surface area contributed by atoms with Gasteiger partial charge >= 0.3 is 5.97 Å². The molecule has 0 saturated heterocycles. The second-order valence-electron chi connectivity index (χ2n) is 5.71. The van der Waals surface area contributed by atoms with Crippen LogP contribution in [-0.4, -0.2) is 24.0 Å². The van der Waals surface area contributed by atoms with Gasteiger partial charge in [0.05, 0.1) is 5.56 Å². The van der Waals surface area contributed by atoms with E-state index in [4.69, 9.17) is 5.11 Å². The van der Waals surface area contributed by atoms with Crippen LogP contribution in [0.5, 0.6) is 0 Å². The first kappa shape index (κ1) is 14.6.